The van der Waals surface area contributed by atoms with Gasteiger partial charge in [-0.2, -0.15) is 0 Å². The number of hydrogen-bond acceptors (Lipinski definition) is 3. The first-order chi connectivity index (χ1) is 14.2. The van der Waals surface area contributed by atoms with Crippen LogP contribution >= 0.6 is 0 Å². The van der Waals surface area contributed by atoms with E-state index in [0.29, 0.717) is 13.2 Å². The first-order valence-electron chi connectivity index (χ1n) is 10.5. The van der Waals surface area contributed by atoms with Crippen LogP contribution in [-0.4, -0.2) is 29.2 Å². The fraction of sp³-hybridized carbons (Fsp3) is 0.360. The Balaban J connectivity index is 1.55. The standard InChI is InChI=1S/C25H28N2O2/c1-18-6-3-7-19(2)24(18)25-21-8-4-11-26(21)12-5-13-27(25)17-20-9-10-22-23(16-20)29-15-14-28-22/h3-4,6-11,16,25H,5,12-15,17H2,1-2H3. The molecule has 2 aliphatic heterocycles. The second-order valence-corrected chi connectivity index (χ2v) is 8.14. The Morgan fingerprint density at radius 3 is 2.52 bits per heavy atom. The van der Waals surface area contributed by atoms with E-state index in [4.69, 9.17) is 9.47 Å². The molecule has 0 radical (unpaired) electrons. The molecule has 29 heavy (non-hydrogen) atoms. The molecule has 2 aromatic carbocycles. The average Bonchev–Trinajstić information content (AvgIpc) is 3.12. The van der Waals surface area contributed by atoms with Gasteiger partial charge in [-0.3, -0.25) is 4.90 Å². The first-order valence-corrected chi connectivity index (χ1v) is 10.5. The summed E-state index contributed by atoms with van der Waals surface area (Å²) >= 11 is 0. The van der Waals surface area contributed by atoms with Gasteiger partial charge in [0.25, 0.3) is 0 Å². The zero-order valence-electron chi connectivity index (χ0n) is 17.2. The highest BCUT2D eigenvalue weighted by molar-refractivity contribution is 5.45. The molecule has 4 nitrogen and oxygen atoms in total. The quantitative estimate of drug-likeness (QED) is 0.640. The molecule has 5 rings (SSSR count). The lowest BCUT2D eigenvalue weighted by atomic mass is 9.92. The molecule has 1 aromatic heterocycles. The van der Waals surface area contributed by atoms with Crippen molar-refractivity contribution in [3.63, 3.8) is 0 Å². The van der Waals surface area contributed by atoms with E-state index in [1.54, 1.807) is 0 Å². The predicted molar refractivity (Wildman–Crippen MR) is 115 cm³/mol. The molecular weight excluding hydrogens is 360 g/mol. The Kier molecular flexibility index (Phi) is 4.80. The molecule has 0 fully saturated rings. The maximum atomic E-state index is 5.82. The van der Waals surface area contributed by atoms with Crippen molar-refractivity contribution in [3.8, 4) is 11.5 Å². The normalized spacial score (nSPS) is 18.9. The van der Waals surface area contributed by atoms with Crippen LogP contribution in [-0.2, 0) is 13.1 Å². The first kappa shape index (κ1) is 18.3. The number of ether oxygens (including phenoxy) is 2. The number of nitrogens with zero attached hydrogens (tertiary/aromatic N) is 2. The highest BCUT2D eigenvalue weighted by Gasteiger charge is 2.29. The lowest BCUT2D eigenvalue weighted by molar-refractivity contribution is 0.170. The lowest BCUT2D eigenvalue weighted by Crippen LogP contribution is -2.30. The molecule has 0 amide bonds. The summed E-state index contributed by atoms with van der Waals surface area (Å²) in [5.74, 6) is 1.73. The van der Waals surface area contributed by atoms with Crippen molar-refractivity contribution >= 4 is 0 Å². The van der Waals surface area contributed by atoms with Gasteiger partial charge in [-0.05, 0) is 66.8 Å². The van der Waals surface area contributed by atoms with Crippen LogP contribution in [0, 0.1) is 13.8 Å². The molecule has 0 spiro atoms. The minimum atomic E-state index is 0.252. The Bertz CT molecular complexity index is 1000. The average molecular weight is 389 g/mol. The van der Waals surface area contributed by atoms with Crippen molar-refractivity contribution in [2.75, 3.05) is 19.8 Å². The summed E-state index contributed by atoms with van der Waals surface area (Å²) in [6.07, 6.45) is 3.37. The highest BCUT2D eigenvalue weighted by atomic mass is 16.6. The molecule has 1 atom stereocenters. The summed E-state index contributed by atoms with van der Waals surface area (Å²) in [5.41, 5.74) is 6.81. The van der Waals surface area contributed by atoms with Crippen molar-refractivity contribution in [1.29, 1.82) is 0 Å². The maximum Gasteiger partial charge on any atom is 0.161 e. The summed E-state index contributed by atoms with van der Waals surface area (Å²) in [6.45, 7) is 8.75. The summed E-state index contributed by atoms with van der Waals surface area (Å²) < 4.78 is 14.0. The Labute approximate surface area is 172 Å². The summed E-state index contributed by atoms with van der Waals surface area (Å²) in [4.78, 5) is 2.62. The molecule has 4 heteroatoms. The largest absolute Gasteiger partial charge is 0.486 e. The zero-order chi connectivity index (χ0) is 19.8. The minimum absolute atomic E-state index is 0.252. The molecular formula is C25H28N2O2. The SMILES string of the molecule is Cc1cccc(C)c1C1c2cccn2CCCN1Cc1ccc2c(c1)OCCO2. The topological polar surface area (TPSA) is 26.6 Å². The summed E-state index contributed by atoms with van der Waals surface area (Å²) in [5, 5.41) is 0. The molecule has 0 saturated carbocycles. The van der Waals surface area contributed by atoms with Gasteiger partial charge in [0.15, 0.2) is 11.5 Å². The van der Waals surface area contributed by atoms with Crippen LogP contribution in [0.5, 0.6) is 11.5 Å². The van der Waals surface area contributed by atoms with E-state index < -0.39 is 0 Å². The van der Waals surface area contributed by atoms with E-state index in [2.05, 4.69) is 78.0 Å². The van der Waals surface area contributed by atoms with Crippen molar-refractivity contribution in [2.24, 2.45) is 0 Å². The fourth-order valence-corrected chi connectivity index (χ4v) is 4.82. The van der Waals surface area contributed by atoms with Gasteiger partial charge in [0.05, 0.1) is 6.04 Å². The van der Waals surface area contributed by atoms with Gasteiger partial charge in [0, 0.05) is 31.5 Å². The molecule has 3 aromatic rings. The van der Waals surface area contributed by atoms with Gasteiger partial charge >= 0.3 is 0 Å². The van der Waals surface area contributed by atoms with Gasteiger partial charge in [0.1, 0.15) is 13.2 Å². The third-order valence-electron chi connectivity index (χ3n) is 6.16. The van der Waals surface area contributed by atoms with Crippen LogP contribution in [0.25, 0.3) is 0 Å². The molecule has 0 saturated heterocycles. The molecule has 0 N–H and O–H groups in total. The van der Waals surface area contributed by atoms with Crippen LogP contribution < -0.4 is 9.47 Å². The molecule has 3 heterocycles. The van der Waals surface area contributed by atoms with E-state index in [1.165, 1.54) is 27.9 Å². The van der Waals surface area contributed by atoms with Crippen LogP contribution in [0.1, 0.15) is 40.4 Å². The number of fused-ring (bicyclic) bond motifs is 2. The molecule has 1 unspecified atom stereocenters. The second-order valence-electron chi connectivity index (χ2n) is 8.14. The number of aromatic nitrogens is 1. The Morgan fingerprint density at radius 1 is 0.897 bits per heavy atom. The third kappa shape index (κ3) is 3.42. The van der Waals surface area contributed by atoms with Crippen LogP contribution in [0.4, 0.5) is 0 Å². The summed E-state index contributed by atoms with van der Waals surface area (Å²) in [6, 6.07) is 17.8. The second kappa shape index (κ2) is 7.60. The minimum Gasteiger partial charge on any atom is -0.486 e. The maximum absolute atomic E-state index is 5.82. The van der Waals surface area contributed by atoms with Gasteiger partial charge in [-0.25, -0.2) is 0 Å². The van der Waals surface area contributed by atoms with Gasteiger partial charge in [-0.15, -0.1) is 0 Å². The molecule has 2 aliphatic rings. The Morgan fingerprint density at radius 2 is 1.69 bits per heavy atom. The van der Waals surface area contributed by atoms with Crippen molar-refractivity contribution in [1.82, 2.24) is 9.47 Å². The van der Waals surface area contributed by atoms with E-state index in [0.717, 1.165) is 37.6 Å². The number of aryl methyl sites for hydroxylation is 3. The fourth-order valence-electron chi connectivity index (χ4n) is 4.82. The predicted octanol–water partition coefficient (Wildman–Crippen LogP) is 4.87. The molecule has 150 valence electrons. The zero-order valence-corrected chi connectivity index (χ0v) is 17.2. The van der Waals surface area contributed by atoms with Crippen molar-refractivity contribution in [3.05, 3.63) is 82.7 Å². The number of hydrogen-bond donors (Lipinski definition) is 0. The Hall–Kier alpha value is -2.72. The van der Waals surface area contributed by atoms with Crippen LogP contribution in [0.2, 0.25) is 0 Å². The van der Waals surface area contributed by atoms with Gasteiger partial charge in [-0.1, -0.05) is 24.3 Å². The van der Waals surface area contributed by atoms with Gasteiger partial charge < -0.3 is 14.0 Å². The third-order valence-corrected chi connectivity index (χ3v) is 6.16. The van der Waals surface area contributed by atoms with Crippen molar-refractivity contribution < 1.29 is 9.47 Å². The van der Waals surface area contributed by atoms with Crippen molar-refractivity contribution in [2.45, 2.75) is 39.4 Å². The summed E-state index contributed by atoms with van der Waals surface area (Å²) in [7, 11) is 0. The number of benzene rings is 2. The van der Waals surface area contributed by atoms with Gasteiger partial charge in [0.2, 0.25) is 0 Å². The number of rotatable bonds is 3. The van der Waals surface area contributed by atoms with E-state index >= 15 is 0 Å². The van der Waals surface area contributed by atoms with E-state index in [1.807, 2.05) is 0 Å². The van der Waals surface area contributed by atoms with E-state index in [-0.39, 0.29) is 6.04 Å². The van der Waals surface area contributed by atoms with Crippen LogP contribution in [0.3, 0.4) is 0 Å². The smallest absolute Gasteiger partial charge is 0.161 e. The monoisotopic (exact) mass is 388 g/mol. The van der Waals surface area contributed by atoms with Crippen LogP contribution in [0.15, 0.2) is 54.7 Å². The highest BCUT2D eigenvalue weighted by Crippen LogP contribution is 2.37. The molecule has 0 bridgehead atoms. The lowest BCUT2D eigenvalue weighted by Gasteiger charge is -2.33. The molecule has 0 aliphatic carbocycles. The van der Waals surface area contributed by atoms with E-state index in [9.17, 15) is 0 Å².